The summed E-state index contributed by atoms with van der Waals surface area (Å²) in [6.07, 6.45) is 0. The number of nitrogens with zero attached hydrogens (tertiary/aromatic N) is 2. The molecule has 0 spiro atoms. The fourth-order valence-corrected chi connectivity index (χ4v) is 2.34. The Morgan fingerprint density at radius 3 is 2.52 bits per heavy atom. The molecule has 2 N–H and O–H groups in total. The molecular weight excluding hydrogens is 284 g/mol. The highest BCUT2D eigenvalue weighted by Crippen LogP contribution is 2.21. The van der Waals surface area contributed by atoms with Crippen molar-refractivity contribution in [2.75, 3.05) is 0 Å². The summed E-state index contributed by atoms with van der Waals surface area (Å²) in [7, 11) is 0. The standard InChI is InChI=1S/C15H20N4OS/c1-10(13(20)16-15(2,3)4)19-12(17-18-14(19)21)11-8-6-5-7-9-11/h5-10H,1-4H3,(H,16,20)(H,18,21). The van der Waals surface area contributed by atoms with E-state index in [4.69, 9.17) is 12.2 Å². The predicted octanol–water partition coefficient (Wildman–Crippen LogP) is 3.08. The van der Waals surface area contributed by atoms with Crippen LogP contribution < -0.4 is 5.32 Å². The van der Waals surface area contributed by atoms with Crippen molar-refractivity contribution in [3.63, 3.8) is 0 Å². The molecule has 2 aromatic rings. The SMILES string of the molecule is CC(C(=O)NC(C)(C)C)n1c(-c2ccccc2)n[nH]c1=S. The van der Waals surface area contributed by atoms with E-state index >= 15 is 0 Å². The topological polar surface area (TPSA) is 62.7 Å². The molecule has 0 aliphatic carbocycles. The number of hydrogen-bond donors (Lipinski definition) is 2. The van der Waals surface area contributed by atoms with Gasteiger partial charge < -0.3 is 5.32 Å². The molecule has 1 heterocycles. The Bertz CT molecular complexity index is 682. The molecule has 112 valence electrons. The summed E-state index contributed by atoms with van der Waals surface area (Å²) in [6.45, 7) is 7.66. The minimum atomic E-state index is -0.439. The first-order valence-electron chi connectivity index (χ1n) is 6.84. The van der Waals surface area contributed by atoms with Gasteiger partial charge in [-0.2, -0.15) is 5.10 Å². The van der Waals surface area contributed by atoms with Crippen LogP contribution >= 0.6 is 12.2 Å². The fraction of sp³-hybridized carbons (Fsp3) is 0.400. The van der Waals surface area contributed by atoms with Crippen molar-refractivity contribution < 1.29 is 4.79 Å². The quantitative estimate of drug-likeness (QED) is 0.857. The molecule has 0 fully saturated rings. The van der Waals surface area contributed by atoms with E-state index in [2.05, 4.69) is 15.5 Å². The number of benzene rings is 1. The van der Waals surface area contributed by atoms with Crippen molar-refractivity contribution in [1.82, 2.24) is 20.1 Å². The summed E-state index contributed by atoms with van der Waals surface area (Å²) in [5.41, 5.74) is 0.629. The molecule has 0 saturated heterocycles. The number of amides is 1. The third-order valence-electron chi connectivity index (χ3n) is 3.00. The van der Waals surface area contributed by atoms with E-state index in [1.807, 2.05) is 58.0 Å². The largest absolute Gasteiger partial charge is 0.350 e. The van der Waals surface area contributed by atoms with Crippen LogP contribution in [0.15, 0.2) is 30.3 Å². The third-order valence-corrected chi connectivity index (χ3v) is 3.29. The van der Waals surface area contributed by atoms with E-state index in [9.17, 15) is 4.79 Å². The van der Waals surface area contributed by atoms with Gasteiger partial charge in [0.05, 0.1) is 0 Å². The number of carbonyl (C=O) groups is 1. The Balaban J connectivity index is 2.39. The highest BCUT2D eigenvalue weighted by Gasteiger charge is 2.23. The molecule has 0 bridgehead atoms. The van der Waals surface area contributed by atoms with E-state index in [1.165, 1.54) is 0 Å². The summed E-state index contributed by atoms with van der Waals surface area (Å²) in [5, 5.41) is 9.99. The van der Waals surface area contributed by atoms with Gasteiger partial charge in [0.1, 0.15) is 6.04 Å². The van der Waals surface area contributed by atoms with Crippen LogP contribution in [-0.2, 0) is 4.79 Å². The first-order valence-corrected chi connectivity index (χ1v) is 7.25. The minimum absolute atomic E-state index is 0.0859. The maximum absolute atomic E-state index is 12.4. The Kier molecular flexibility index (Phi) is 4.27. The van der Waals surface area contributed by atoms with Gasteiger partial charge >= 0.3 is 0 Å². The molecule has 0 radical (unpaired) electrons. The van der Waals surface area contributed by atoms with Gasteiger partial charge in [-0.05, 0) is 39.9 Å². The molecule has 5 nitrogen and oxygen atoms in total. The van der Waals surface area contributed by atoms with Gasteiger partial charge in [0.25, 0.3) is 0 Å². The number of aromatic nitrogens is 3. The zero-order chi connectivity index (χ0) is 15.6. The predicted molar refractivity (Wildman–Crippen MR) is 85.5 cm³/mol. The van der Waals surface area contributed by atoms with Crippen LogP contribution in [0.3, 0.4) is 0 Å². The Hall–Kier alpha value is -1.95. The van der Waals surface area contributed by atoms with Gasteiger partial charge in [-0.15, -0.1) is 0 Å². The Labute approximate surface area is 129 Å². The van der Waals surface area contributed by atoms with E-state index < -0.39 is 6.04 Å². The fourth-order valence-electron chi connectivity index (χ4n) is 2.05. The number of hydrogen-bond acceptors (Lipinski definition) is 3. The van der Waals surface area contributed by atoms with Gasteiger partial charge in [0.2, 0.25) is 5.91 Å². The Morgan fingerprint density at radius 2 is 1.95 bits per heavy atom. The van der Waals surface area contributed by atoms with E-state index in [0.717, 1.165) is 5.56 Å². The molecular formula is C15H20N4OS. The van der Waals surface area contributed by atoms with Gasteiger partial charge in [-0.25, -0.2) is 0 Å². The molecule has 1 aromatic carbocycles. The molecule has 1 unspecified atom stereocenters. The summed E-state index contributed by atoms with van der Waals surface area (Å²) < 4.78 is 2.18. The maximum Gasteiger partial charge on any atom is 0.243 e. The molecule has 2 rings (SSSR count). The lowest BCUT2D eigenvalue weighted by Crippen LogP contribution is -2.43. The second kappa shape index (κ2) is 5.81. The van der Waals surface area contributed by atoms with Crippen LogP contribution in [0.5, 0.6) is 0 Å². The van der Waals surface area contributed by atoms with E-state index in [0.29, 0.717) is 10.6 Å². The van der Waals surface area contributed by atoms with Crippen LogP contribution in [0.1, 0.15) is 33.7 Å². The number of carbonyl (C=O) groups excluding carboxylic acids is 1. The molecule has 1 atom stereocenters. The zero-order valence-corrected chi connectivity index (χ0v) is 13.5. The van der Waals surface area contributed by atoms with Crippen LogP contribution in [0, 0.1) is 4.77 Å². The summed E-state index contributed by atoms with van der Waals surface area (Å²) in [6, 6.07) is 9.23. The van der Waals surface area contributed by atoms with Crippen LogP contribution in [-0.4, -0.2) is 26.2 Å². The van der Waals surface area contributed by atoms with Crippen molar-refractivity contribution in [1.29, 1.82) is 0 Å². The molecule has 0 saturated carbocycles. The molecule has 6 heteroatoms. The molecule has 1 amide bonds. The number of nitrogens with one attached hydrogen (secondary N) is 2. The number of rotatable bonds is 3. The molecule has 21 heavy (non-hydrogen) atoms. The average molecular weight is 304 g/mol. The summed E-state index contributed by atoms with van der Waals surface area (Å²) in [4.78, 5) is 12.4. The monoisotopic (exact) mass is 304 g/mol. The normalized spacial score (nSPS) is 13.0. The molecule has 0 aliphatic heterocycles. The molecule has 0 aliphatic rings. The highest BCUT2D eigenvalue weighted by atomic mass is 32.1. The van der Waals surface area contributed by atoms with Crippen LogP contribution in [0.2, 0.25) is 0 Å². The lowest BCUT2D eigenvalue weighted by atomic mass is 10.1. The summed E-state index contributed by atoms with van der Waals surface area (Å²) >= 11 is 5.27. The van der Waals surface area contributed by atoms with Crippen molar-refractivity contribution in [2.24, 2.45) is 0 Å². The second-order valence-corrected chi connectivity index (χ2v) is 6.39. The maximum atomic E-state index is 12.4. The number of aromatic amines is 1. The van der Waals surface area contributed by atoms with Gasteiger partial charge in [-0.1, -0.05) is 30.3 Å². The molecule has 1 aromatic heterocycles. The average Bonchev–Trinajstić information content (AvgIpc) is 2.79. The van der Waals surface area contributed by atoms with Crippen LogP contribution in [0.25, 0.3) is 11.4 Å². The lowest BCUT2D eigenvalue weighted by molar-refractivity contribution is -0.125. The minimum Gasteiger partial charge on any atom is -0.350 e. The van der Waals surface area contributed by atoms with Crippen molar-refractivity contribution >= 4 is 18.1 Å². The smallest absolute Gasteiger partial charge is 0.243 e. The van der Waals surface area contributed by atoms with Crippen molar-refractivity contribution in [2.45, 2.75) is 39.3 Å². The Morgan fingerprint density at radius 1 is 1.33 bits per heavy atom. The van der Waals surface area contributed by atoms with Crippen molar-refractivity contribution in [3.8, 4) is 11.4 Å². The second-order valence-electron chi connectivity index (χ2n) is 6.00. The van der Waals surface area contributed by atoms with E-state index in [1.54, 1.807) is 4.57 Å². The third kappa shape index (κ3) is 3.58. The zero-order valence-electron chi connectivity index (χ0n) is 12.7. The van der Waals surface area contributed by atoms with E-state index in [-0.39, 0.29) is 11.4 Å². The number of H-pyrrole nitrogens is 1. The first-order chi connectivity index (χ1) is 9.79. The van der Waals surface area contributed by atoms with Gasteiger partial charge in [0, 0.05) is 11.1 Å². The van der Waals surface area contributed by atoms with Gasteiger partial charge in [-0.3, -0.25) is 14.5 Å². The van der Waals surface area contributed by atoms with Crippen LogP contribution in [0.4, 0.5) is 0 Å². The lowest BCUT2D eigenvalue weighted by Gasteiger charge is -2.24. The summed E-state index contributed by atoms with van der Waals surface area (Å²) in [5.74, 6) is 0.578. The van der Waals surface area contributed by atoms with Gasteiger partial charge in [0.15, 0.2) is 10.6 Å². The van der Waals surface area contributed by atoms with Crippen molar-refractivity contribution in [3.05, 3.63) is 35.1 Å². The highest BCUT2D eigenvalue weighted by molar-refractivity contribution is 7.71. The first kappa shape index (κ1) is 15.4.